The molecule has 0 aliphatic rings. The molecule has 0 saturated heterocycles. The summed E-state index contributed by atoms with van der Waals surface area (Å²) in [4.78, 5) is 18.4. The topological polar surface area (TPSA) is 108 Å². The van der Waals surface area contributed by atoms with Crippen LogP contribution >= 0.6 is 0 Å². The van der Waals surface area contributed by atoms with E-state index in [1.165, 1.54) is 11.9 Å². The summed E-state index contributed by atoms with van der Waals surface area (Å²) in [6, 6.07) is 19.6. The van der Waals surface area contributed by atoms with Crippen molar-refractivity contribution in [2.24, 2.45) is 0 Å². The Balaban J connectivity index is 1.56. The number of para-hydroxylation sites is 3. The Bertz CT molecular complexity index is 1560. The zero-order valence-electron chi connectivity index (χ0n) is 21.9. The quantitative estimate of drug-likeness (QED) is 0.252. The molecule has 2 N–H and O–H groups in total. The second kappa shape index (κ2) is 10.6. The third-order valence-electron chi connectivity index (χ3n) is 6.07. The van der Waals surface area contributed by atoms with Crippen molar-refractivity contribution < 1.29 is 14.2 Å². The highest BCUT2D eigenvalue weighted by atomic mass is 16.5. The highest BCUT2D eigenvalue weighted by Crippen LogP contribution is 2.40. The van der Waals surface area contributed by atoms with Gasteiger partial charge in [-0.15, -0.1) is 0 Å². The molecule has 5 aromatic rings. The van der Waals surface area contributed by atoms with E-state index >= 15 is 0 Å². The van der Waals surface area contributed by atoms with Crippen molar-refractivity contribution >= 4 is 34.3 Å². The fourth-order valence-electron chi connectivity index (χ4n) is 4.29. The van der Waals surface area contributed by atoms with Crippen LogP contribution in [0.4, 0.5) is 23.3 Å². The summed E-state index contributed by atoms with van der Waals surface area (Å²) in [6.45, 7) is 4.33. The summed E-state index contributed by atoms with van der Waals surface area (Å²) >= 11 is 0. The van der Waals surface area contributed by atoms with Gasteiger partial charge < -0.3 is 24.8 Å². The van der Waals surface area contributed by atoms with Crippen molar-refractivity contribution in [1.82, 2.24) is 24.5 Å². The van der Waals surface area contributed by atoms with Gasteiger partial charge in [0.2, 0.25) is 23.6 Å². The SMILES string of the molecule is COc1cc(Nc2ncnc(-n3c(Nc4ccccc4C(C)C)nc4ccccc43)n2)cc(OC)c1OC. The number of nitrogens with zero attached hydrogens (tertiary/aromatic N) is 5. The Kier molecular flexibility index (Phi) is 6.94. The molecule has 0 aliphatic carbocycles. The fourth-order valence-corrected chi connectivity index (χ4v) is 4.29. The molecule has 38 heavy (non-hydrogen) atoms. The van der Waals surface area contributed by atoms with Crippen molar-refractivity contribution in [2.45, 2.75) is 19.8 Å². The van der Waals surface area contributed by atoms with Crippen molar-refractivity contribution in [2.75, 3.05) is 32.0 Å². The number of fused-ring (bicyclic) bond motifs is 1. The molecule has 2 aromatic heterocycles. The predicted molar refractivity (Wildman–Crippen MR) is 148 cm³/mol. The van der Waals surface area contributed by atoms with E-state index in [4.69, 9.17) is 24.2 Å². The van der Waals surface area contributed by atoms with Gasteiger partial charge in [0.1, 0.15) is 6.33 Å². The molecule has 0 bridgehead atoms. The van der Waals surface area contributed by atoms with Crippen LogP contribution in [0.15, 0.2) is 67.0 Å². The smallest absolute Gasteiger partial charge is 0.241 e. The molecular weight excluding hydrogens is 482 g/mol. The first-order valence-electron chi connectivity index (χ1n) is 12.1. The first-order valence-corrected chi connectivity index (χ1v) is 12.1. The van der Waals surface area contributed by atoms with Crippen LogP contribution in [0.1, 0.15) is 25.3 Å². The van der Waals surface area contributed by atoms with Gasteiger partial charge in [0.15, 0.2) is 11.5 Å². The fraction of sp³-hybridized carbons (Fsp3) is 0.214. The lowest BCUT2D eigenvalue weighted by Crippen LogP contribution is -2.09. The molecule has 0 spiro atoms. The van der Waals surface area contributed by atoms with Crippen LogP contribution in [0.5, 0.6) is 17.2 Å². The van der Waals surface area contributed by atoms with Crippen molar-refractivity contribution in [3.05, 3.63) is 72.6 Å². The van der Waals surface area contributed by atoms with Gasteiger partial charge in [0.25, 0.3) is 0 Å². The number of imidazole rings is 1. The molecule has 0 radical (unpaired) electrons. The highest BCUT2D eigenvalue weighted by Gasteiger charge is 2.18. The predicted octanol–water partition coefficient (Wildman–Crippen LogP) is 5.85. The molecule has 10 nitrogen and oxygen atoms in total. The van der Waals surface area contributed by atoms with Crippen LogP contribution < -0.4 is 24.8 Å². The number of nitrogens with one attached hydrogen (secondary N) is 2. The van der Waals surface area contributed by atoms with Gasteiger partial charge in [-0.25, -0.2) is 19.5 Å². The summed E-state index contributed by atoms with van der Waals surface area (Å²) in [6.07, 6.45) is 1.46. The van der Waals surface area contributed by atoms with E-state index in [9.17, 15) is 0 Å². The minimum absolute atomic E-state index is 0.336. The minimum Gasteiger partial charge on any atom is -0.493 e. The summed E-state index contributed by atoms with van der Waals surface area (Å²) in [5.74, 6) is 3.22. The highest BCUT2D eigenvalue weighted by molar-refractivity contribution is 5.82. The molecule has 2 heterocycles. The molecule has 5 rings (SSSR count). The average Bonchev–Trinajstić information content (AvgIpc) is 3.30. The molecule has 0 unspecified atom stereocenters. The Morgan fingerprint density at radius 2 is 1.50 bits per heavy atom. The van der Waals surface area contributed by atoms with Gasteiger partial charge in [-0.2, -0.15) is 4.98 Å². The third-order valence-corrected chi connectivity index (χ3v) is 6.07. The first kappa shape index (κ1) is 24.8. The molecule has 10 heteroatoms. The summed E-state index contributed by atoms with van der Waals surface area (Å²) in [7, 11) is 4.70. The number of hydrogen-bond acceptors (Lipinski definition) is 9. The van der Waals surface area contributed by atoms with Crippen LogP contribution in [0.2, 0.25) is 0 Å². The van der Waals surface area contributed by atoms with Gasteiger partial charge in [-0.1, -0.05) is 44.2 Å². The number of hydrogen-bond donors (Lipinski definition) is 2. The normalized spacial score (nSPS) is 11.0. The minimum atomic E-state index is 0.336. The van der Waals surface area contributed by atoms with Crippen LogP contribution in [0.25, 0.3) is 17.0 Å². The summed E-state index contributed by atoms with van der Waals surface area (Å²) in [5.41, 5.74) is 4.50. The Labute approximate surface area is 220 Å². The maximum Gasteiger partial charge on any atom is 0.241 e. The standard InChI is InChI=1S/C28H29N7O3/c1-17(2)19-10-6-7-11-20(19)32-28-33-21-12-8-9-13-22(21)35(28)27-30-16-29-26(34-27)31-18-14-23(36-3)25(38-5)24(15-18)37-4/h6-17H,1-5H3,(H,32,33)(H,29,30,31,34). The largest absolute Gasteiger partial charge is 0.493 e. The number of aromatic nitrogens is 5. The van der Waals surface area contributed by atoms with Gasteiger partial charge in [0.05, 0.1) is 32.4 Å². The van der Waals surface area contributed by atoms with Crippen molar-refractivity contribution in [1.29, 1.82) is 0 Å². The Morgan fingerprint density at radius 3 is 2.21 bits per heavy atom. The maximum atomic E-state index is 5.47. The number of anilines is 4. The zero-order valence-corrected chi connectivity index (χ0v) is 21.9. The van der Waals surface area contributed by atoms with Gasteiger partial charge in [0, 0.05) is 23.5 Å². The van der Waals surface area contributed by atoms with E-state index in [-0.39, 0.29) is 0 Å². The number of benzene rings is 3. The zero-order chi connectivity index (χ0) is 26.6. The molecule has 0 atom stereocenters. The van der Waals surface area contributed by atoms with Gasteiger partial charge in [-0.3, -0.25) is 0 Å². The monoisotopic (exact) mass is 511 g/mol. The molecular formula is C28H29N7O3. The second-order valence-electron chi connectivity index (χ2n) is 8.77. The van der Waals surface area contributed by atoms with Crippen LogP contribution in [-0.4, -0.2) is 45.8 Å². The van der Waals surface area contributed by atoms with Crippen LogP contribution in [0, 0.1) is 0 Å². The molecule has 0 fully saturated rings. The van der Waals surface area contributed by atoms with Gasteiger partial charge in [-0.05, 0) is 29.7 Å². The number of methoxy groups -OCH3 is 3. The average molecular weight is 512 g/mol. The third kappa shape index (κ3) is 4.75. The van der Waals surface area contributed by atoms with Crippen LogP contribution in [0.3, 0.4) is 0 Å². The Hall–Kier alpha value is -4.86. The molecule has 0 saturated carbocycles. The van der Waals surface area contributed by atoms with Crippen molar-refractivity contribution in [3.63, 3.8) is 0 Å². The molecule has 0 amide bonds. The molecule has 0 aliphatic heterocycles. The van der Waals surface area contributed by atoms with E-state index in [0.29, 0.717) is 46.7 Å². The Morgan fingerprint density at radius 1 is 0.789 bits per heavy atom. The molecule has 194 valence electrons. The van der Waals surface area contributed by atoms with E-state index in [0.717, 1.165) is 16.7 Å². The lowest BCUT2D eigenvalue weighted by molar-refractivity contribution is 0.324. The maximum absolute atomic E-state index is 5.47. The summed E-state index contributed by atoms with van der Waals surface area (Å²) < 4.78 is 18.2. The first-order chi connectivity index (χ1) is 18.5. The lowest BCUT2D eigenvalue weighted by atomic mass is 10.0. The van der Waals surface area contributed by atoms with Crippen molar-refractivity contribution in [3.8, 4) is 23.2 Å². The van der Waals surface area contributed by atoms with Crippen LogP contribution in [-0.2, 0) is 0 Å². The van der Waals surface area contributed by atoms with Gasteiger partial charge >= 0.3 is 0 Å². The van der Waals surface area contributed by atoms with E-state index in [2.05, 4.69) is 40.5 Å². The number of rotatable bonds is 9. The molecule has 3 aromatic carbocycles. The number of ether oxygens (including phenoxy) is 3. The van der Waals surface area contributed by atoms with E-state index in [1.54, 1.807) is 33.5 Å². The summed E-state index contributed by atoms with van der Waals surface area (Å²) in [5, 5.41) is 6.72. The second-order valence-corrected chi connectivity index (χ2v) is 8.77. The van der Waals surface area contributed by atoms with E-state index < -0.39 is 0 Å². The lowest BCUT2D eigenvalue weighted by Gasteiger charge is -2.16. The van der Waals surface area contributed by atoms with E-state index in [1.807, 2.05) is 47.0 Å².